The maximum atomic E-state index is 13.9. The van der Waals surface area contributed by atoms with Crippen molar-refractivity contribution < 1.29 is 14.3 Å². The van der Waals surface area contributed by atoms with Crippen LogP contribution in [-0.2, 0) is 4.79 Å². The number of nitrogens with zero attached hydrogens (tertiary/aromatic N) is 2. The molecule has 1 saturated heterocycles. The minimum atomic E-state index is -0.345. The molecular formula is C27H30ClN3O3. The summed E-state index contributed by atoms with van der Waals surface area (Å²) in [5.74, 6) is 1.40. The standard InChI is InChI=1S/C27H30ClN3O3/c1-33-24-7-2-3-8-25(24)34-19-18-31(27(32)21-13-16-29-17-14-21)26(23-6-4-5-15-30-23)20-9-11-22(28)12-10-20/h2-12,15,21,26,29H,13-14,16-19H2,1H3. The number of piperidine rings is 1. The number of para-hydroxylation sites is 2. The quantitative estimate of drug-likeness (QED) is 0.480. The van der Waals surface area contributed by atoms with Crippen LogP contribution in [0.25, 0.3) is 0 Å². The topological polar surface area (TPSA) is 63.7 Å². The van der Waals surface area contributed by atoms with E-state index in [1.807, 2.05) is 71.6 Å². The van der Waals surface area contributed by atoms with Gasteiger partial charge < -0.3 is 19.7 Å². The minimum absolute atomic E-state index is 0.0361. The van der Waals surface area contributed by atoms with Crippen LogP contribution in [0, 0.1) is 5.92 Å². The van der Waals surface area contributed by atoms with E-state index in [1.54, 1.807) is 13.3 Å². The molecule has 3 aromatic rings. The van der Waals surface area contributed by atoms with Gasteiger partial charge in [0.1, 0.15) is 6.61 Å². The van der Waals surface area contributed by atoms with Gasteiger partial charge in [-0.05, 0) is 67.9 Å². The molecule has 178 valence electrons. The molecule has 1 N–H and O–H groups in total. The highest BCUT2D eigenvalue weighted by molar-refractivity contribution is 6.30. The summed E-state index contributed by atoms with van der Waals surface area (Å²) in [7, 11) is 1.62. The van der Waals surface area contributed by atoms with E-state index in [9.17, 15) is 4.79 Å². The summed E-state index contributed by atoms with van der Waals surface area (Å²) in [6.45, 7) is 2.42. The number of nitrogens with one attached hydrogen (secondary N) is 1. The number of hydrogen-bond acceptors (Lipinski definition) is 5. The van der Waals surface area contributed by atoms with Crippen LogP contribution in [0.2, 0.25) is 5.02 Å². The second-order valence-electron chi connectivity index (χ2n) is 8.26. The molecule has 1 aromatic heterocycles. The van der Waals surface area contributed by atoms with Crippen LogP contribution in [0.5, 0.6) is 11.5 Å². The molecule has 1 aliphatic rings. The highest BCUT2D eigenvalue weighted by Crippen LogP contribution is 2.32. The molecule has 34 heavy (non-hydrogen) atoms. The molecule has 4 rings (SSSR count). The van der Waals surface area contributed by atoms with Gasteiger partial charge in [0.15, 0.2) is 11.5 Å². The van der Waals surface area contributed by atoms with Crippen molar-refractivity contribution in [2.45, 2.75) is 18.9 Å². The summed E-state index contributed by atoms with van der Waals surface area (Å²) in [5, 5.41) is 4.00. The zero-order chi connectivity index (χ0) is 23.8. The summed E-state index contributed by atoms with van der Waals surface area (Å²) in [5.41, 5.74) is 1.77. The van der Waals surface area contributed by atoms with Crippen LogP contribution in [-0.4, -0.2) is 49.1 Å². The van der Waals surface area contributed by atoms with Crippen LogP contribution in [0.1, 0.15) is 30.1 Å². The molecular weight excluding hydrogens is 450 g/mol. The number of rotatable bonds is 9. The molecule has 2 heterocycles. The summed E-state index contributed by atoms with van der Waals surface area (Å²) < 4.78 is 11.5. The van der Waals surface area contributed by atoms with Gasteiger partial charge >= 0.3 is 0 Å². The minimum Gasteiger partial charge on any atom is -0.493 e. The number of methoxy groups -OCH3 is 1. The van der Waals surface area contributed by atoms with E-state index >= 15 is 0 Å². The highest BCUT2D eigenvalue weighted by Gasteiger charge is 2.33. The number of pyridine rings is 1. The monoisotopic (exact) mass is 479 g/mol. The first-order chi connectivity index (χ1) is 16.7. The Hall–Kier alpha value is -3.09. The third-order valence-corrected chi connectivity index (χ3v) is 6.35. The first-order valence-corrected chi connectivity index (χ1v) is 12.0. The largest absolute Gasteiger partial charge is 0.493 e. The van der Waals surface area contributed by atoms with Gasteiger partial charge in [0.2, 0.25) is 5.91 Å². The molecule has 0 radical (unpaired) electrons. The third kappa shape index (κ3) is 5.88. The molecule has 0 aliphatic carbocycles. The Morgan fingerprint density at radius 3 is 2.44 bits per heavy atom. The molecule has 0 saturated carbocycles. The summed E-state index contributed by atoms with van der Waals surface area (Å²) in [6.07, 6.45) is 3.40. The SMILES string of the molecule is COc1ccccc1OCCN(C(=O)C1CCNCC1)C(c1ccc(Cl)cc1)c1ccccn1. The fraction of sp³-hybridized carbons (Fsp3) is 0.333. The highest BCUT2D eigenvalue weighted by atomic mass is 35.5. The Kier molecular flexibility index (Phi) is 8.39. The smallest absolute Gasteiger partial charge is 0.226 e. The number of halogens is 1. The predicted octanol–water partition coefficient (Wildman–Crippen LogP) is 4.74. The molecule has 1 atom stereocenters. The molecule has 6 nitrogen and oxygen atoms in total. The lowest BCUT2D eigenvalue weighted by molar-refractivity contribution is -0.138. The molecule has 0 spiro atoms. The number of amides is 1. The van der Waals surface area contributed by atoms with Crippen molar-refractivity contribution in [1.29, 1.82) is 0 Å². The number of carbonyl (C=O) groups is 1. The first kappa shape index (κ1) is 24.0. The van der Waals surface area contributed by atoms with Crippen LogP contribution in [0.3, 0.4) is 0 Å². The second kappa shape index (κ2) is 11.9. The van der Waals surface area contributed by atoms with Gasteiger partial charge in [-0.15, -0.1) is 0 Å². The fourth-order valence-corrected chi connectivity index (χ4v) is 4.48. The molecule has 1 unspecified atom stereocenters. The average Bonchev–Trinajstić information content (AvgIpc) is 2.90. The summed E-state index contributed by atoms with van der Waals surface area (Å²) in [6, 6.07) is 20.6. The van der Waals surface area contributed by atoms with Crippen molar-refractivity contribution in [3.05, 3.63) is 89.2 Å². The van der Waals surface area contributed by atoms with Crippen LogP contribution in [0.15, 0.2) is 72.9 Å². The molecule has 1 amide bonds. The van der Waals surface area contributed by atoms with E-state index in [0.29, 0.717) is 29.7 Å². The van der Waals surface area contributed by atoms with Crippen molar-refractivity contribution >= 4 is 17.5 Å². The van der Waals surface area contributed by atoms with E-state index in [1.165, 1.54) is 0 Å². The summed E-state index contributed by atoms with van der Waals surface area (Å²) in [4.78, 5) is 20.4. The van der Waals surface area contributed by atoms with E-state index in [2.05, 4.69) is 10.3 Å². The predicted molar refractivity (Wildman–Crippen MR) is 133 cm³/mol. The third-order valence-electron chi connectivity index (χ3n) is 6.10. The Labute approximate surface area is 205 Å². The number of hydrogen-bond donors (Lipinski definition) is 1. The van der Waals surface area contributed by atoms with Gasteiger partial charge in [-0.25, -0.2) is 0 Å². The van der Waals surface area contributed by atoms with E-state index in [-0.39, 0.29) is 17.9 Å². The Morgan fingerprint density at radius 1 is 1.06 bits per heavy atom. The lowest BCUT2D eigenvalue weighted by Crippen LogP contribution is -2.45. The number of aromatic nitrogens is 1. The Balaban J connectivity index is 1.65. The van der Waals surface area contributed by atoms with E-state index in [0.717, 1.165) is 37.2 Å². The lowest BCUT2D eigenvalue weighted by Gasteiger charge is -2.35. The molecule has 1 fully saturated rings. The Morgan fingerprint density at radius 2 is 1.76 bits per heavy atom. The first-order valence-electron chi connectivity index (χ1n) is 11.6. The van der Waals surface area contributed by atoms with Gasteiger partial charge in [-0.3, -0.25) is 9.78 Å². The Bertz CT molecular complexity index is 1060. The van der Waals surface area contributed by atoms with Crippen molar-refractivity contribution in [2.75, 3.05) is 33.4 Å². The summed E-state index contributed by atoms with van der Waals surface area (Å²) >= 11 is 6.17. The molecule has 1 aliphatic heterocycles. The number of ether oxygens (including phenoxy) is 2. The normalized spacial score (nSPS) is 14.9. The van der Waals surface area contributed by atoms with Crippen LogP contribution >= 0.6 is 11.6 Å². The van der Waals surface area contributed by atoms with Gasteiger partial charge in [-0.2, -0.15) is 0 Å². The van der Waals surface area contributed by atoms with Crippen molar-refractivity contribution in [1.82, 2.24) is 15.2 Å². The lowest BCUT2D eigenvalue weighted by atomic mass is 9.93. The van der Waals surface area contributed by atoms with Crippen LogP contribution in [0.4, 0.5) is 0 Å². The van der Waals surface area contributed by atoms with E-state index in [4.69, 9.17) is 21.1 Å². The van der Waals surface area contributed by atoms with Gasteiger partial charge in [0.25, 0.3) is 0 Å². The van der Waals surface area contributed by atoms with E-state index < -0.39 is 0 Å². The number of carbonyl (C=O) groups excluding carboxylic acids is 1. The average molecular weight is 480 g/mol. The van der Waals surface area contributed by atoms with Crippen LogP contribution < -0.4 is 14.8 Å². The zero-order valence-electron chi connectivity index (χ0n) is 19.3. The van der Waals surface area contributed by atoms with Gasteiger partial charge in [0.05, 0.1) is 25.4 Å². The molecule has 7 heteroatoms. The zero-order valence-corrected chi connectivity index (χ0v) is 20.1. The maximum Gasteiger partial charge on any atom is 0.226 e. The second-order valence-corrected chi connectivity index (χ2v) is 8.70. The van der Waals surface area contributed by atoms with Crippen molar-refractivity contribution in [3.8, 4) is 11.5 Å². The van der Waals surface area contributed by atoms with Crippen molar-refractivity contribution in [2.24, 2.45) is 5.92 Å². The fourth-order valence-electron chi connectivity index (χ4n) is 4.36. The van der Waals surface area contributed by atoms with Gasteiger partial charge in [-0.1, -0.05) is 41.9 Å². The maximum absolute atomic E-state index is 13.9. The van der Waals surface area contributed by atoms with Crippen molar-refractivity contribution in [3.63, 3.8) is 0 Å². The molecule has 0 bridgehead atoms. The number of benzene rings is 2. The van der Waals surface area contributed by atoms with Gasteiger partial charge in [0, 0.05) is 17.1 Å². The molecule has 2 aromatic carbocycles.